The molecule has 0 spiro atoms. The van der Waals surface area contributed by atoms with Crippen LogP contribution in [0.15, 0.2) is 40.9 Å². The van der Waals surface area contributed by atoms with Gasteiger partial charge in [-0.15, -0.1) is 0 Å². The molecule has 0 aromatic heterocycles. The average molecular weight is 470 g/mol. The van der Waals surface area contributed by atoms with Crippen LogP contribution in [0.2, 0.25) is 0 Å². The number of carbonyl (C=O) groups is 2. The standard InChI is InChI=1S/C18H22BrNO3.C2H2O4/c1-21-16-7-5-4-6-13(16)8-9-20-12-14-10-17(22-2)18(23-3)11-15(14)19;3-1(4)2(5)6/h4-7,10-11,20H,8-9,12H2,1-3H3;(H,3,4)(H,5,6). The quantitative estimate of drug-likeness (QED) is 0.399. The summed E-state index contributed by atoms with van der Waals surface area (Å²) in [4.78, 5) is 18.2. The van der Waals surface area contributed by atoms with Crippen molar-refractivity contribution in [1.29, 1.82) is 0 Å². The van der Waals surface area contributed by atoms with Crippen LogP contribution >= 0.6 is 15.9 Å². The van der Waals surface area contributed by atoms with Crippen molar-refractivity contribution >= 4 is 27.9 Å². The number of methoxy groups -OCH3 is 3. The van der Waals surface area contributed by atoms with Crippen LogP contribution in [-0.2, 0) is 22.6 Å². The molecule has 158 valence electrons. The van der Waals surface area contributed by atoms with Crippen LogP contribution in [0, 0.1) is 0 Å². The third kappa shape index (κ3) is 8.00. The molecule has 8 nitrogen and oxygen atoms in total. The van der Waals surface area contributed by atoms with Crippen LogP contribution < -0.4 is 19.5 Å². The Labute approximate surface area is 177 Å². The van der Waals surface area contributed by atoms with Gasteiger partial charge < -0.3 is 29.7 Å². The van der Waals surface area contributed by atoms with Crippen molar-refractivity contribution in [2.24, 2.45) is 0 Å². The number of aliphatic carboxylic acids is 2. The molecule has 0 aliphatic carbocycles. The molecule has 0 saturated carbocycles. The zero-order valence-electron chi connectivity index (χ0n) is 16.4. The van der Waals surface area contributed by atoms with Gasteiger partial charge in [0.15, 0.2) is 11.5 Å². The van der Waals surface area contributed by atoms with Gasteiger partial charge in [-0.25, -0.2) is 9.59 Å². The first kappa shape index (κ1) is 24.3. The van der Waals surface area contributed by atoms with Crippen molar-refractivity contribution in [3.63, 3.8) is 0 Å². The fraction of sp³-hybridized carbons (Fsp3) is 0.300. The molecule has 0 aliphatic heterocycles. The lowest BCUT2D eigenvalue weighted by molar-refractivity contribution is -0.159. The first-order chi connectivity index (χ1) is 13.8. The van der Waals surface area contributed by atoms with Crippen molar-refractivity contribution in [3.8, 4) is 17.2 Å². The van der Waals surface area contributed by atoms with E-state index >= 15 is 0 Å². The van der Waals surface area contributed by atoms with Crippen LogP contribution in [0.25, 0.3) is 0 Å². The lowest BCUT2D eigenvalue weighted by Gasteiger charge is -2.13. The van der Waals surface area contributed by atoms with Crippen LogP contribution in [0.4, 0.5) is 0 Å². The highest BCUT2D eigenvalue weighted by Crippen LogP contribution is 2.33. The summed E-state index contributed by atoms with van der Waals surface area (Å²) in [6.45, 7) is 1.61. The fourth-order valence-electron chi connectivity index (χ4n) is 2.39. The van der Waals surface area contributed by atoms with E-state index in [1.807, 2.05) is 30.3 Å². The Morgan fingerprint density at radius 3 is 2.00 bits per heavy atom. The molecule has 0 bridgehead atoms. The third-order valence-electron chi connectivity index (χ3n) is 3.81. The smallest absolute Gasteiger partial charge is 0.414 e. The highest BCUT2D eigenvalue weighted by molar-refractivity contribution is 9.10. The summed E-state index contributed by atoms with van der Waals surface area (Å²) in [6.07, 6.45) is 0.912. The minimum atomic E-state index is -1.82. The lowest BCUT2D eigenvalue weighted by atomic mass is 10.1. The van der Waals surface area contributed by atoms with E-state index in [4.69, 9.17) is 34.0 Å². The number of benzene rings is 2. The van der Waals surface area contributed by atoms with E-state index in [1.54, 1.807) is 21.3 Å². The lowest BCUT2D eigenvalue weighted by Crippen LogP contribution is -2.17. The Bertz CT molecular complexity index is 814. The molecular weight excluding hydrogens is 446 g/mol. The highest BCUT2D eigenvalue weighted by Gasteiger charge is 2.09. The number of nitrogens with one attached hydrogen (secondary N) is 1. The van der Waals surface area contributed by atoms with E-state index in [0.717, 1.165) is 46.8 Å². The molecule has 9 heteroatoms. The Hall–Kier alpha value is -2.78. The number of para-hydroxylation sites is 1. The second-order valence-corrected chi connectivity index (χ2v) is 6.50. The minimum absolute atomic E-state index is 0.720. The Morgan fingerprint density at radius 1 is 0.897 bits per heavy atom. The van der Waals surface area contributed by atoms with Crippen molar-refractivity contribution in [2.45, 2.75) is 13.0 Å². The predicted molar refractivity (Wildman–Crippen MR) is 111 cm³/mol. The van der Waals surface area contributed by atoms with E-state index < -0.39 is 11.9 Å². The maximum Gasteiger partial charge on any atom is 0.414 e. The van der Waals surface area contributed by atoms with E-state index in [0.29, 0.717) is 0 Å². The predicted octanol–water partition coefficient (Wildman–Crippen LogP) is 2.96. The summed E-state index contributed by atoms with van der Waals surface area (Å²) in [7, 11) is 4.98. The van der Waals surface area contributed by atoms with Gasteiger partial charge in [-0.05, 0) is 42.3 Å². The molecule has 29 heavy (non-hydrogen) atoms. The molecular formula is C20H24BrNO7. The van der Waals surface area contributed by atoms with Gasteiger partial charge in [-0.1, -0.05) is 34.1 Å². The molecule has 0 saturated heterocycles. The first-order valence-electron chi connectivity index (χ1n) is 8.53. The fourth-order valence-corrected chi connectivity index (χ4v) is 2.85. The van der Waals surface area contributed by atoms with E-state index in [-0.39, 0.29) is 0 Å². The summed E-state index contributed by atoms with van der Waals surface area (Å²) in [5, 5.41) is 18.2. The van der Waals surface area contributed by atoms with E-state index in [9.17, 15) is 0 Å². The summed E-state index contributed by atoms with van der Waals surface area (Å²) in [6, 6.07) is 12.0. The molecule has 2 aromatic carbocycles. The molecule has 0 amide bonds. The number of ether oxygens (including phenoxy) is 3. The first-order valence-corrected chi connectivity index (χ1v) is 9.32. The Balaban J connectivity index is 0.000000612. The molecule has 0 atom stereocenters. The van der Waals surface area contributed by atoms with Crippen LogP contribution in [0.5, 0.6) is 17.2 Å². The molecule has 3 N–H and O–H groups in total. The summed E-state index contributed by atoms with van der Waals surface area (Å²) in [5.74, 6) is -1.26. The van der Waals surface area contributed by atoms with E-state index in [2.05, 4.69) is 27.3 Å². The summed E-state index contributed by atoms with van der Waals surface area (Å²) >= 11 is 3.58. The summed E-state index contributed by atoms with van der Waals surface area (Å²) in [5.41, 5.74) is 2.33. The largest absolute Gasteiger partial charge is 0.496 e. The molecule has 0 fully saturated rings. The molecule has 2 rings (SSSR count). The molecule has 0 unspecified atom stereocenters. The highest BCUT2D eigenvalue weighted by atomic mass is 79.9. The normalized spacial score (nSPS) is 9.79. The summed E-state index contributed by atoms with van der Waals surface area (Å²) < 4.78 is 17.0. The number of carboxylic acids is 2. The zero-order chi connectivity index (χ0) is 21.8. The minimum Gasteiger partial charge on any atom is -0.496 e. The van der Waals surface area contributed by atoms with Gasteiger partial charge in [0.05, 0.1) is 21.3 Å². The zero-order valence-corrected chi connectivity index (χ0v) is 18.0. The second-order valence-electron chi connectivity index (χ2n) is 5.65. The molecule has 0 radical (unpaired) electrons. The average Bonchev–Trinajstić information content (AvgIpc) is 2.72. The number of hydrogen-bond donors (Lipinski definition) is 3. The van der Waals surface area contributed by atoms with Gasteiger partial charge in [0, 0.05) is 11.0 Å². The second kappa shape index (κ2) is 12.6. The monoisotopic (exact) mass is 469 g/mol. The van der Waals surface area contributed by atoms with Crippen molar-refractivity contribution in [2.75, 3.05) is 27.9 Å². The van der Waals surface area contributed by atoms with Gasteiger partial charge in [0.25, 0.3) is 0 Å². The van der Waals surface area contributed by atoms with Crippen molar-refractivity contribution in [1.82, 2.24) is 5.32 Å². The molecule has 0 heterocycles. The van der Waals surface area contributed by atoms with Gasteiger partial charge in [0.1, 0.15) is 5.75 Å². The van der Waals surface area contributed by atoms with Gasteiger partial charge in [-0.3, -0.25) is 0 Å². The Morgan fingerprint density at radius 2 is 1.45 bits per heavy atom. The van der Waals surface area contributed by atoms with Crippen molar-refractivity contribution in [3.05, 3.63) is 52.0 Å². The topological polar surface area (TPSA) is 114 Å². The van der Waals surface area contributed by atoms with Crippen LogP contribution in [-0.4, -0.2) is 50.0 Å². The van der Waals surface area contributed by atoms with Crippen LogP contribution in [0.1, 0.15) is 11.1 Å². The maximum atomic E-state index is 9.10. The van der Waals surface area contributed by atoms with Gasteiger partial charge in [-0.2, -0.15) is 0 Å². The van der Waals surface area contributed by atoms with E-state index in [1.165, 1.54) is 5.56 Å². The Kier molecular flexibility index (Phi) is 10.6. The third-order valence-corrected chi connectivity index (χ3v) is 4.55. The number of halogens is 1. The molecule has 2 aromatic rings. The van der Waals surface area contributed by atoms with Gasteiger partial charge in [0.2, 0.25) is 0 Å². The SMILES string of the molecule is COc1ccccc1CCNCc1cc(OC)c(OC)cc1Br.O=C(O)C(=O)O. The van der Waals surface area contributed by atoms with Crippen LogP contribution in [0.3, 0.4) is 0 Å². The van der Waals surface area contributed by atoms with Gasteiger partial charge >= 0.3 is 11.9 Å². The van der Waals surface area contributed by atoms with Crippen molar-refractivity contribution < 1.29 is 34.0 Å². The maximum absolute atomic E-state index is 9.10. The number of carboxylic acid groups (broad SMARTS) is 2. The molecule has 0 aliphatic rings. The number of hydrogen-bond acceptors (Lipinski definition) is 6. The number of rotatable bonds is 8.